The van der Waals surface area contributed by atoms with Crippen molar-refractivity contribution < 1.29 is 14.1 Å². The van der Waals surface area contributed by atoms with Gasteiger partial charge < -0.3 is 14.6 Å². The molecule has 0 radical (unpaired) electrons. The van der Waals surface area contributed by atoms with Gasteiger partial charge in [-0.15, -0.1) is 0 Å². The van der Waals surface area contributed by atoms with Crippen LogP contribution in [0.4, 0.5) is 0 Å². The minimum atomic E-state index is -0.316. The summed E-state index contributed by atoms with van der Waals surface area (Å²) in [6.07, 6.45) is 3.79. The van der Waals surface area contributed by atoms with Gasteiger partial charge >= 0.3 is 0 Å². The molecule has 0 aromatic carbocycles. The van der Waals surface area contributed by atoms with Gasteiger partial charge in [-0.3, -0.25) is 14.4 Å². The Kier molecular flexibility index (Phi) is 5.27. The lowest BCUT2D eigenvalue weighted by Gasteiger charge is -2.33. The van der Waals surface area contributed by atoms with E-state index in [0.717, 1.165) is 61.9 Å². The molecule has 146 valence electrons. The summed E-state index contributed by atoms with van der Waals surface area (Å²) in [5.41, 5.74) is 3.07. The highest BCUT2D eigenvalue weighted by Gasteiger charge is 2.32. The van der Waals surface area contributed by atoms with Crippen molar-refractivity contribution in [3.63, 3.8) is 0 Å². The molecule has 2 aliphatic rings. The van der Waals surface area contributed by atoms with Crippen LogP contribution in [0.3, 0.4) is 0 Å². The molecule has 2 aliphatic heterocycles. The average molecular weight is 373 g/mol. The zero-order valence-electron chi connectivity index (χ0n) is 16.0. The molecule has 0 spiro atoms. The van der Waals surface area contributed by atoms with Gasteiger partial charge in [0, 0.05) is 51.2 Å². The Morgan fingerprint density at radius 2 is 2.15 bits per heavy atom. The maximum atomic E-state index is 12.9. The molecule has 2 aromatic heterocycles. The van der Waals surface area contributed by atoms with E-state index in [1.807, 2.05) is 24.6 Å². The summed E-state index contributed by atoms with van der Waals surface area (Å²) in [6, 6.07) is 1.67. The molecular weight excluding hydrogens is 346 g/mol. The second kappa shape index (κ2) is 7.82. The van der Waals surface area contributed by atoms with E-state index in [0.29, 0.717) is 19.0 Å². The lowest BCUT2D eigenvalue weighted by molar-refractivity contribution is -0.126. The van der Waals surface area contributed by atoms with Gasteiger partial charge in [0.2, 0.25) is 5.91 Å². The Labute approximate surface area is 158 Å². The summed E-state index contributed by atoms with van der Waals surface area (Å²) in [7, 11) is 0. The number of fused-ring (bicyclic) bond motifs is 1. The first kappa shape index (κ1) is 18.2. The summed E-state index contributed by atoms with van der Waals surface area (Å²) in [5, 5.41) is 11.6. The minimum absolute atomic E-state index is 0.0369. The largest absolute Gasteiger partial charge is 0.381 e. The maximum absolute atomic E-state index is 12.9. The van der Waals surface area contributed by atoms with E-state index in [2.05, 4.69) is 20.5 Å². The van der Waals surface area contributed by atoms with Crippen LogP contribution in [0.2, 0.25) is 0 Å². The number of rotatable bonds is 5. The number of nitrogens with one attached hydrogen (secondary N) is 1. The Morgan fingerprint density at radius 1 is 1.33 bits per heavy atom. The Hall–Kier alpha value is -2.19. The lowest BCUT2D eigenvalue weighted by Crippen LogP contribution is -2.46. The summed E-state index contributed by atoms with van der Waals surface area (Å²) in [6.45, 7) is 8.28. The van der Waals surface area contributed by atoms with Gasteiger partial charge in [0.25, 0.3) is 0 Å². The zero-order valence-corrected chi connectivity index (χ0v) is 16.0. The van der Waals surface area contributed by atoms with Gasteiger partial charge in [0.05, 0.1) is 11.4 Å². The number of hydrogen-bond donors (Lipinski definition) is 1. The number of hydrogen-bond acceptors (Lipinski definition) is 6. The average Bonchev–Trinajstić information content (AvgIpc) is 3.28. The SMILES string of the molecule is Cc1noc(C)c1CN1Cc2ccnn2[C@H](C(=O)NCC2CCOCC2)C1. The van der Waals surface area contributed by atoms with E-state index in [1.54, 1.807) is 6.20 Å². The molecule has 1 N–H and O–H groups in total. The predicted molar refractivity (Wildman–Crippen MR) is 97.9 cm³/mol. The van der Waals surface area contributed by atoms with Crippen molar-refractivity contribution in [3.8, 4) is 0 Å². The van der Waals surface area contributed by atoms with E-state index in [9.17, 15) is 4.79 Å². The second-order valence-electron chi connectivity index (χ2n) is 7.56. The van der Waals surface area contributed by atoms with E-state index in [-0.39, 0.29) is 11.9 Å². The quantitative estimate of drug-likeness (QED) is 0.857. The van der Waals surface area contributed by atoms with Crippen LogP contribution in [0.25, 0.3) is 0 Å². The van der Waals surface area contributed by atoms with Crippen molar-refractivity contribution in [2.45, 2.75) is 45.8 Å². The highest BCUT2D eigenvalue weighted by atomic mass is 16.5. The van der Waals surface area contributed by atoms with Crippen LogP contribution in [-0.4, -0.2) is 52.0 Å². The summed E-state index contributed by atoms with van der Waals surface area (Å²) in [5.74, 6) is 1.38. The molecule has 1 saturated heterocycles. The standard InChI is InChI=1S/C19H27N5O3/c1-13-17(14(2)27-22-13)11-23-10-16-3-6-21-24(16)18(12-23)19(25)20-9-15-4-7-26-8-5-15/h3,6,15,18H,4-5,7-12H2,1-2H3,(H,20,25)/t18-/m0/s1. The van der Waals surface area contributed by atoms with Crippen LogP contribution in [0, 0.1) is 19.8 Å². The Morgan fingerprint density at radius 3 is 2.89 bits per heavy atom. The molecule has 1 amide bonds. The van der Waals surface area contributed by atoms with Gasteiger partial charge in [-0.2, -0.15) is 5.10 Å². The van der Waals surface area contributed by atoms with Crippen molar-refractivity contribution >= 4 is 5.91 Å². The first-order valence-corrected chi connectivity index (χ1v) is 9.63. The predicted octanol–water partition coefficient (Wildman–Crippen LogP) is 1.59. The molecule has 27 heavy (non-hydrogen) atoms. The first-order chi connectivity index (χ1) is 13.1. The molecule has 1 atom stereocenters. The molecule has 8 nitrogen and oxygen atoms in total. The number of nitrogens with zero attached hydrogens (tertiary/aromatic N) is 4. The van der Waals surface area contributed by atoms with Crippen molar-refractivity contribution in [3.05, 3.63) is 35.0 Å². The van der Waals surface area contributed by atoms with Crippen LogP contribution in [0.5, 0.6) is 0 Å². The molecule has 0 saturated carbocycles. The first-order valence-electron chi connectivity index (χ1n) is 9.63. The molecule has 0 aliphatic carbocycles. The number of carbonyl (C=O) groups is 1. The normalized spacial score (nSPS) is 21.2. The molecule has 2 aromatic rings. The van der Waals surface area contributed by atoms with Crippen molar-refractivity contribution in [1.82, 2.24) is 25.2 Å². The smallest absolute Gasteiger partial charge is 0.246 e. The van der Waals surface area contributed by atoms with E-state index in [4.69, 9.17) is 9.26 Å². The number of aryl methyl sites for hydroxylation is 2. The zero-order chi connectivity index (χ0) is 18.8. The van der Waals surface area contributed by atoms with Gasteiger partial charge in [-0.1, -0.05) is 5.16 Å². The third-order valence-electron chi connectivity index (χ3n) is 5.64. The monoisotopic (exact) mass is 373 g/mol. The molecule has 4 rings (SSSR count). The Bertz CT molecular complexity index is 774. The fourth-order valence-electron chi connectivity index (χ4n) is 3.94. The highest BCUT2D eigenvalue weighted by Crippen LogP contribution is 2.24. The molecule has 8 heteroatoms. The lowest BCUT2D eigenvalue weighted by atomic mass is 10.0. The summed E-state index contributed by atoms with van der Waals surface area (Å²) >= 11 is 0. The van der Waals surface area contributed by atoms with Crippen molar-refractivity contribution in [2.75, 3.05) is 26.3 Å². The van der Waals surface area contributed by atoms with Gasteiger partial charge in [-0.25, -0.2) is 0 Å². The number of ether oxygens (including phenoxy) is 1. The highest BCUT2D eigenvalue weighted by molar-refractivity contribution is 5.80. The summed E-state index contributed by atoms with van der Waals surface area (Å²) in [4.78, 5) is 15.2. The maximum Gasteiger partial charge on any atom is 0.246 e. The van der Waals surface area contributed by atoms with Crippen LogP contribution in [0.1, 0.15) is 41.6 Å². The molecule has 0 bridgehead atoms. The van der Waals surface area contributed by atoms with E-state index in [1.165, 1.54) is 0 Å². The molecular formula is C19H27N5O3. The Balaban J connectivity index is 1.44. The van der Waals surface area contributed by atoms with Crippen LogP contribution in [-0.2, 0) is 22.6 Å². The third kappa shape index (κ3) is 3.91. The van der Waals surface area contributed by atoms with E-state index >= 15 is 0 Å². The van der Waals surface area contributed by atoms with Crippen LogP contribution >= 0.6 is 0 Å². The van der Waals surface area contributed by atoms with Gasteiger partial charge in [-0.05, 0) is 38.7 Å². The minimum Gasteiger partial charge on any atom is -0.381 e. The number of aromatic nitrogens is 3. The van der Waals surface area contributed by atoms with Crippen molar-refractivity contribution in [1.29, 1.82) is 0 Å². The summed E-state index contributed by atoms with van der Waals surface area (Å²) < 4.78 is 12.5. The molecule has 4 heterocycles. The van der Waals surface area contributed by atoms with Crippen LogP contribution in [0.15, 0.2) is 16.8 Å². The fourth-order valence-corrected chi connectivity index (χ4v) is 3.94. The second-order valence-corrected chi connectivity index (χ2v) is 7.56. The number of carbonyl (C=O) groups excluding carboxylic acids is 1. The van der Waals surface area contributed by atoms with Crippen molar-refractivity contribution in [2.24, 2.45) is 5.92 Å². The van der Waals surface area contributed by atoms with Gasteiger partial charge in [0.15, 0.2) is 0 Å². The number of amides is 1. The van der Waals surface area contributed by atoms with Crippen LogP contribution < -0.4 is 5.32 Å². The topological polar surface area (TPSA) is 85.4 Å². The fraction of sp³-hybridized carbons (Fsp3) is 0.632. The molecule has 1 fully saturated rings. The third-order valence-corrected chi connectivity index (χ3v) is 5.64. The van der Waals surface area contributed by atoms with Gasteiger partial charge in [0.1, 0.15) is 11.8 Å². The molecule has 0 unspecified atom stereocenters. The van der Waals surface area contributed by atoms with E-state index < -0.39 is 0 Å².